The zero-order valence-corrected chi connectivity index (χ0v) is 18.6. The van der Waals surface area contributed by atoms with E-state index in [2.05, 4.69) is 5.32 Å². The lowest BCUT2D eigenvalue weighted by Crippen LogP contribution is -2.28. The van der Waals surface area contributed by atoms with Crippen molar-refractivity contribution in [2.24, 2.45) is 0 Å². The van der Waals surface area contributed by atoms with Gasteiger partial charge in [0, 0.05) is 25.9 Å². The van der Waals surface area contributed by atoms with Crippen molar-refractivity contribution in [1.82, 2.24) is 14.3 Å². The number of anilines is 1. The molecule has 7 nitrogen and oxygen atoms in total. The number of hydrogen-bond donors (Lipinski definition) is 1. The molecule has 2 aromatic rings. The van der Waals surface area contributed by atoms with Gasteiger partial charge in [-0.1, -0.05) is 37.0 Å². The molecule has 2 saturated heterocycles. The standard InChI is InChI=1S/C21H24N4O3S2/c1-3-8-25-20(27)16(30-21(25)29)11-15-17(22-12-14-7-5-10-28-14)23-18-13(2)6-4-9-24(18)19(15)26/h4,6,9,11,14,22H,3,5,7-8,10,12H2,1-2H3. The van der Waals surface area contributed by atoms with E-state index in [1.165, 1.54) is 16.2 Å². The highest BCUT2D eigenvalue weighted by atomic mass is 32.2. The van der Waals surface area contributed by atoms with Gasteiger partial charge in [0.1, 0.15) is 15.8 Å². The number of rotatable bonds is 6. The zero-order valence-electron chi connectivity index (χ0n) is 17.0. The van der Waals surface area contributed by atoms with Gasteiger partial charge in [0.15, 0.2) is 0 Å². The second-order valence-electron chi connectivity index (χ2n) is 7.41. The highest BCUT2D eigenvalue weighted by molar-refractivity contribution is 8.26. The van der Waals surface area contributed by atoms with Gasteiger partial charge in [0.25, 0.3) is 11.5 Å². The van der Waals surface area contributed by atoms with Gasteiger partial charge < -0.3 is 10.1 Å². The zero-order chi connectivity index (χ0) is 21.3. The van der Waals surface area contributed by atoms with E-state index in [1.807, 2.05) is 26.0 Å². The van der Waals surface area contributed by atoms with Crippen LogP contribution in [0, 0.1) is 6.92 Å². The van der Waals surface area contributed by atoms with Crippen molar-refractivity contribution < 1.29 is 9.53 Å². The molecule has 0 radical (unpaired) electrons. The van der Waals surface area contributed by atoms with Crippen molar-refractivity contribution in [2.45, 2.75) is 39.2 Å². The van der Waals surface area contributed by atoms with Crippen LogP contribution in [-0.2, 0) is 9.53 Å². The first-order valence-corrected chi connectivity index (χ1v) is 11.3. The Balaban J connectivity index is 1.77. The molecule has 9 heteroatoms. The first-order valence-electron chi connectivity index (χ1n) is 10.1. The van der Waals surface area contributed by atoms with Crippen LogP contribution < -0.4 is 10.9 Å². The predicted octanol–water partition coefficient (Wildman–Crippen LogP) is 3.21. The largest absolute Gasteiger partial charge is 0.376 e. The molecule has 158 valence electrons. The minimum absolute atomic E-state index is 0.0951. The fraction of sp³-hybridized carbons (Fsp3) is 0.429. The van der Waals surface area contributed by atoms with Crippen molar-refractivity contribution in [1.29, 1.82) is 0 Å². The quantitative estimate of drug-likeness (QED) is 0.542. The first kappa shape index (κ1) is 21.0. The predicted molar refractivity (Wildman–Crippen MR) is 124 cm³/mol. The lowest BCUT2D eigenvalue weighted by Gasteiger charge is -2.15. The Morgan fingerprint density at radius 1 is 1.43 bits per heavy atom. The molecule has 2 fully saturated rings. The third-order valence-corrected chi connectivity index (χ3v) is 6.58. The maximum Gasteiger partial charge on any atom is 0.267 e. The van der Waals surface area contributed by atoms with Gasteiger partial charge in [-0.05, 0) is 43.9 Å². The fourth-order valence-corrected chi connectivity index (χ4v) is 4.93. The molecule has 30 heavy (non-hydrogen) atoms. The summed E-state index contributed by atoms with van der Waals surface area (Å²) in [6.07, 6.45) is 6.24. The molecule has 1 N–H and O–H groups in total. The van der Waals surface area contributed by atoms with Crippen molar-refractivity contribution in [3.63, 3.8) is 0 Å². The van der Waals surface area contributed by atoms with Crippen LogP contribution in [0.5, 0.6) is 0 Å². The number of carbonyl (C=O) groups is 1. The molecule has 2 aliphatic rings. The molecule has 0 aliphatic carbocycles. The summed E-state index contributed by atoms with van der Waals surface area (Å²) in [5.41, 5.74) is 1.62. The van der Waals surface area contributed by atoms with E-state index in [1.54, 1.807) is 17.2 Å². The van der Waals surface area contributed by atoms with Crippen molar-refractivity contribution in [3.8, 4) is 0 Å². The molecule has 0 bridgehead atoms. The number of carbonyl (C=O) groups excluding carboxylic acids is 1. The summed E-state index contributed by atoms with van der Waals surface area (Å²) in [5.74, 6) is 0.302. The summed E-state index contributed by atoms with van der Waals surface area (Å²) >= 11 is 6.58. The molecule has 0 saturated carbocycles. The Hall–Kier alpha value is -2.23. The normalized spacial score (nSPS) is 20.7. The van der Waals surface area contributed by atoms with Gasteiger partial charge in [0.2, 0.25) is 0 Å². The number of thiocarbonyl (C=S) groups is 1. The maximum absolute atomic E-state index is 13.3. The molecule has 1 unspecified atom stereocenters. The van der Waals surface area contributed by atoms with Crippen molar-refractivity contribution in [3.05, 3.63) is 44.7 Å². The van der Waals surface area contributed by atoms with Crippen LogP contribution in [0.1, 0.15) is 37.3 Å². The van der Waals surface area contributed by atoms with Crippen molar-refractivity contribution >= 4 is 51.7 Å². The molecule has 1 atom stereocenters. The molecular weight excluding hydrogens is 420 g/mol. The summed E-state index contributed by atoms with van der Waals surface area (Å²) in [6.45, 7) is 5.80. The second kappa shape index (κ2) is 8.87. The van der Waals surface area contributed by atoms with Crippen LogP contribution >= 0.6 is 24.0 Å². The number of hydrogen-bond acceptors (Lipinski definition) is 7. The highest BCUT2D eigenvalue weighted by Gasteiger charge is 2.32. The van der Waals surface area contributed by atoms with Gasteiger partial charge in [-0.2, -0.15) is 0 Å². The molecule has 1 amide bonds. The van der Waals surface area contributed by atoms with E-state index in [0.29, 0.717) is 39.3 Å². The molecule has 4 rings (SSSR count). The van der Waals surface area contributed by atoms with Gasteiger partial charge in [-0.15, -0.1) is 0 Å². The number of aromatic nitrogens is 2. The molecule has 4 heterocycles. The fourth-order valence-electron chi connectivity index (χ4n) is 3.64. The number of fused-ring (bicyclic) bond motifs is 1. The van der Waals surface area contributed by atoms with Gasteiger partial charge >= 0.3 is 0 Å². The third kappa shape index (κ3) is 4.01. The SMILES string of the molecule is CCCN1C(=O)C(=Cc2c(NCC3CCCO3)nc3c(C)cccn3c2=O)SC1=S. The van der Waals surface area contributed by atoms with E-state index in [-0.39, 0.29) is 17.6 Å². The average molecular weight is 445 g/mol. The van der Waals surface area contributed by atoms with Crippen LogP contribution in [0.4, 0.5) is 5.82 Å². The van der Waals surface area contributed by atoms with Gasteiger partial charge in [-0.25, -0.2) is 4.98 Å². The number of thioether (sulfide) groups is 1. The van der Waals surface area contributed by atoms with Crippen LogP contribution in [-0.4, -0.2) is 50.3 Å². The number of ether oxygens (including phenoxy) is 1. The lowest BCUT2D eigenvalue weighted by molar-refractivity contribution is -0.122. The second-order valence-corrected chi connectivity index (χ2v) is 9.09. The van der Waals surface area contributed by atoms with Gasteiger partial charge in [-0.3, -0.25) is 18.9 Å². The highest BCUT2D eigenvalue weighted by Crippen LogP contribution is 2.33. The van der Waals surface area contributed by atoms with E-state index in [4.69, 9.17) is 21.9 Å². The number of nitrogens with zero attached hydrogens (tertiary/aromatic N) is 3. The van der Waals surface area contributed by atoms with E-state index in [0.717, 1.165) is 31.4 Å². The Labute approximate surface area is 184 Å². The molecule has 2 aliphatic heterocycles. The van der Waals surface area contributed by atoms with E-state index in [9.17, 15) is 9.59 Å². The smallest absolute Gasteiger partial charge is 0.267 e. The number of pyridine rings is 1. The summed E-state index contributed by atoms with van der Waals surface area (Å²) in [6, 6.07) is 3.73. The van der Waals surface area contributed by atoms with Gasteiger partial charge in [0.05, 0.1) is 16.6 Å². The summed E-state index contributed by atoms with van der Waals surface area (Å²) in [4.78, 5) is 32.9. The van der Waals surface area contributed by atoms with Crippen LogP contribution in [0.25, 0.3) is 11.7 Å². The molecular formula is C21H24N4O3S2. The van der Waals surface area contributed by atoms with Crippen LogP contribution in [0.3, 0.4) is 0 Å². The monoisotopic (exact) mass is 444 g/mol. The molecule has 0 aromatic carbocycles. The van der Waals surface area contributed by atoms with E-state index >= 15 is 0 Å². The summed E-state index contributed by atoms with van der Waals surface area (Å²) < 4.78 is 7.73. The summed E-state index contributed by atoms with van der Waals surface area (Å²) in [5, 5.41) is 3.29. The number of aryl methyl sites for hydroxylation is 1. The Morgan fingerprint density at radius 2 is 2.27 bits per heavy atom. The number of nitrogens with one attached hydrogen (secondary N) is 1. The summed E-state index contributed by atoms with van der Waals surface area (Å²) in [7, 11) is 0. The maximum atomic E-state index is 13.3. The number of amides is 1. The molecule has 2 aromatic heterocycles. The minimum atomic E-state index is -0.223. The van der Waals surface area contributed by atoms with Crippen LogP contribution in [0.2, 0.25) is 0 Å². The minimum Gasteiger partial charge on any atom is -0.376 e. The lowest BCUT2D eigenvalue weighted by atomic mass is 10.2. The van der Waals surface area contributed by atoms with Crippen LogP contribution in [0.15, 0.2) is 28.0 Å². The first-order chi connectivity index (χ1) is 14.5. The van der Waals surface area contributed by atoms with Crippen molar-refractivity contribution in [2.75, 3.05) is 25.0 Å². The van der Waals surface area contributed by atoms with E-state index < -0.39 is 0 Å². The topological polar surface area (TPSA) is 75.9 Å². The Morgan fingerprint density at radius 3 is 3.00 bits per heavy atom. The molecule has 0 spiro atoms. The Kier molecular flexibility index (Phi) is 6.21. The Bertz CT molecular complexity index is 1090. The third-order valence-electron chi connectivity index (χ3n) is 5.20. The average Bonchev–Trinajstić information content (AvgIpc) is 3.34.